The van der Waals surface area contributed by atoms with Crippen molar-refractivity contribution in [2.45, 2.75) is 126 Å². The van der Waals surface area contributed by atoms with Gasteiger partial charge >= 0.3 is 0 Å². The van der Waals surface area contributed by atoms with Gasteiger partial charge in [0, 0.05) is 67.1 Å². The molecule has 0 aliphatic carbocycles. The smallest absolute Gasteiger partial charge is 0.245 e. The average molecular weight is 1360 g/mol. The fraction of sp³-hybridized carbons (Fsp3) is 0.379. The molecule has 0 saturated heterocycles. The summed E-state index contributed by atoms with van der Waals surface area (Å²) < 4.78 is 0. The van der Waals surface area contributed by atoms with Crippen LogP contribution in [-0.4, -0.2) is 183 Å². The number of amides is 12. The lowest BCUT2D eigenvalue weighted by Crippen LogP contribution is -2.61. The molecule has 0 aliphatic rings. The number of primary amides is 3. The van der Waals surface area contributed by atoms with Crippen LogP contribution in [-0.2, 0) is 83.2 Å². The minimum atomic E-state index is -1.91. The number of nitrogens with two attached hydrogens (primary N) is 5. The highest BCUT2D eigenvalue weighted by Crippen LogP contribution is 2.22. The van der Waals surface area contributed by atoms with Gasteiger partial charge in [-0.2, -0.15) is 0 Å². The van der Waals surface area contributed by atoms with Crippen molar-refractivity contribution < 1.29 is 67.7 Å². The van der Waals surface area contributed by atoms with Crippen LogP contribution in [0.1, 0.15) is 68.2 Å². The van der Waals surface area contributed by atoms with E-state index in [1.807, 2.05) is 24.3 Å². The Hall–Kier alpha value is -11.4. The number of aliphatic hydroxyl groups is 1. The van der Waals surface area contributed by atoms with Crippen molar-refractivity contribution in [3.8, 4) is 5.75 Å². The maximum Gasteiger partial charge on any atom is 0.245 e. The van der Waals surface area contributed by atoms with Crippen LogP contribution < -0.4 is 76.5 Å². The van der Waals surface area contributed by atoms with E-state index < -0.39 is 151 Å². The number of aliphatic hydroxyl groups excluding tert-OH is 1. The van der Waals surface area contributed by atoms with Gasteiger partial charge in [0.05, 0.1) is 32.0 Å². The molecular weight excluding hydrogens is 1270 g/mol. The lowest BCUT2D eigenvalue weighted by atomic mass is 10.00. The molecule has 2 heterocycles. The first-order valence-corrected chi connectivity index (χ1v) is 31.5. The number of guanidine groups is 1. The molecule has 12 amide bonds. The molecule has 0 spiro atoms. The Morgan fingerprint density at radius 1 is 0.520 bits per heavy atom. The monoisotopic (exact) mass is 1350 g/mol. The van der Waals surface area contributed by atoms with Gasteiger partial charge in [0.1, 0.15) is 54.1 Å². The summed E-state index contributed by atoms with van der Waals surface area (Å²) >= 11 is 0. The lowest BCUT2D eigenvalue weighted by Gasteiger charge is -2.32. The van der Waals surface area contributed by atoms with E-state index in [0.717, 1.165) is 15.8 Å². The van der Waals surface area contributed by atoms with Crippen LogP contribution in [0.4, 0.5) is 0 Å². The van der Waals surface area contributed by atoms with Crippen LogP contribution in [0.25, 0.3) is 21.8 Å². The third kappa shape index (κ3) is 22.9. The number of carbonyl (C=O) groups excluding carboxylic acids is 12. The van der Waals surface area contributed by atoms with E-state index in [0.29, 0.717) is 33.2 Å². The third-order valence-electron chi connectivity index (χ3n) is 15.9. The summed E-state index contributed by atoms with van der Waals surface area (Å²) in [5.41, 5.74) is 32.1. The molecule has 0 saturated carbocycles. The molecule has 9 atom stereocenters. The highest BCUT2D eigenvalue weighted by atomic mass is 16.3. The van der Waals surface area contributed by atoms with E-state index in [9.17, 15) is 67.7 Å². The molecular formula is C66H86N18O14. The zero-order chi connectivity index (χ0) is 71.8. The Morgan fingerprint density at radius 3 is 1.52 bits per heavy atom. The molecule has 0 fully saturated rings. The molecule has 24 N–H and O–H groups in total. The summed E-state index contributed by atoms with van der Waals surface area (Å²) in [6, 6.07) is 14.5. The summed E-state index contributed by atoms with van der Waals surface area (Å²) in [5.74, 6) is -12.4. The number of benzene rings is 4. The summed E-state index contributed by atoms with van der Waals surface area (Å²) in [5, 5.41) is 51.7. The van der Waals surface area contributed by atoms with Gasteiger partial charge in [-0.15, -0.1) is 0 Å². The zero-order valence-electron chi connectivity index (χ0n) is 54.4. The van der Waals surface area contributed by atoms with Crippen LogP contribution >= 0.6 is 0 Å². The predicted molar refractivity (Wildman–Crippen MR) is 360 cm³/mol. The summed E-state index contributed by atoms with van der Waals surface area (Å²) in [7, 11) is 1.35. The number of nitrogens with one attached hydrogen (secondary N) is 12. The first-order valence-electron chi connectivity index (χ1n) is 31.5. The second-order valence-corrected chi connectivity index (χ2v) is 24.0. The second-order valence-electron chi connectivity index (χ2n) is 24.0. The Balaban J connectivity index is 1.15. The van der Waals surface area contributed by atoms with Crippen molar-refractivity contribution in [2.24, 2.45) is 34.6 Å². The number of para-hydroxylation sites is 2. The van der Waals surface area contributed by atoms with Gasteiger partial charge in [-0.1, -0.05) is 92.7 Å². The zero-order valence-corrected chi connectivity index (χ0v) is 54.4. The fourth-order valence-electron chi connectivity index (χ4n) is 10.8. The van der Waals surface area contributed by atoms with Gasteiger partial charge in [0.15, 0.2) is 5.96 Å². The van der Waals surface area contributed by atoms with Crippen LogP contribution in [0.5, 0.6) is 5.75 Å². The van der Waals surface area contributed by atoms with Crippen LogP contribution in [0.3, 0.4) is 0 Å². The molecule has 6 aromatic rings. The van der Waals surface area contributed by atoms with E-state index in [1.165, 1.54) is 31.3 Å². The Labute approximate surface area is 563 Å². The van der Waals surface area contributed by atoms with Gasteiger partial charge in [-0.25, -0.2) is 0 Å². The van der Waals surface area contributed by atoms with E-state index in [4.69, 9.17) is 34.1 Å². The normalized spacial score (nSPS) is 13.9. The number of aromatic amines is 2. The maximum absolute atomic E-state index is 14.5. The van der Waals surface area contributed by atoms with E-state index >= 15 is 0 Å². The number of aromatic nitrogens is 2. The molecule has 0 bridgehead atoms. The SMILES string of the molecule is CC(C)C[C@H](NC(=O)CNC(=O)[C@H](Cc1ccccc1)NC(=O)[C@H](CO)NC(=O)[C@H](CC(N)=O)NC(=O)[C@H](Cc1c[nH]c2ccccc12)NC(=O)[C@H](CC(N)=O)NC(=O)C(N)Cc1ccc(O)cc1)C(=O)N(C)[C@@H](CCCNC(=N)N)C(=O)N[C@@H](Cc1c[nH]c2ccccc12)C(N)=O. The number of hydrogen-bond acceptors (Lipinski definition) is 16. The minimum Gasteiger partial charge on any atom is -0.508 e. The molecule has 4 aromatic carbocycles. The quantitative estimate of drug-likeness (QED) is 0.0103. The van der Waals surface area contributed by atoms with Gasteiger partial charge in [0.2, 0.25) is 70.9 Å². The maximum atomic E-state index is 14.5. The molecule has 32 heteroatoms. The van der Waals surface area contributed by atoms with E-state index in [-0.39, 0.29) is 69.1 Å². The van der Waals surface area contributed by atoms with E-state index in [2.05, 4.69) is 57.8 Å². The number of H-pyrrole nitrogens is 2. The number of phenols is 1. The Bertz CT molecular complexity index is 3820. The van der Waals surface area contributed by atoms with Crippen LogP contribution in [0.2, 0.25) is 0 Å². The third-order valence-corrected chi connectivity index (χ3v) is 15.9. The van der Waals surface area contributed by atoms with Crippen molar-refractivity contribution in [3.05, 3.63) is 138 Å². The van der Waals surface area contributed by atoms with Crippen molar-refractivity contribution in [1.29, 1.82) is 5.41 Å². The second kappa shape index (κ2) is 36.5. The van der Waals surface area contributed by atoms with Gasteiger partial charge in [-0.05, 0) is 78.1 Å². The number of likely N-dealkylation sites (N-methyl/N-ethyl adjacent to an activating group) is 1. The summed E-state index contributed by atoms with van der Waals surface area (Å²) in [6.07, 6.45) is 1.23. The number of aromatic hydroxyl groups is 1. The highest BCUT2D eigenvalue weighted by Gasteiger charge is 2.37. The van der Waals surface area contributed by atoms with E-state index in [1.54, 1.807) is 80.8 Å². The predicted octanol–water partition coefficient (Wildman–Crippen LogP) is -3.17. The van der Waals surface area contributed by atoms with Crippen LogP contribution in [0.15, 0.2) is 116 Å². The van der Waals surface area contributed by atoms with Crippen molar-refractivity contribution >= 4 is 98.7 Å². The molecule has 32 nitrogen and oxygen atoms in total. The Morgan fingerprint density at radius 2 is 0.990 bits per heavy atom. The molecule has 98 heavy (non-hydrogen) atoms. The molecule has 2 aromatic heterocycles. The number of nitrogens with zero attached hydrogens (tertiary/aromatic N) is 1. The van der Waals surface area contributed by atoms with Crippen molar-refractivity contribution in [1.82, 2.24) is 62.7 Å². The average Bonchev–Trinajstić information content (AvgIpc) is 1.69. The van der Waals surface area contributed by atoms with Gasteiger partial charge in [-0.3, -0.25) is 62.9 Å². The fourth-order valence-corrected chi connectivity index (χ4v) is 10.8. The lowest BCUT2D eigenvalue weighted by molar-refractivity contribution is -0.143. The summed E-state index contributed by atoms with van der Waals surface area (Å²) in [6.45, 7) is 1.80. The van der Waals surface area contributed by atoms with Crippen molar-refractivity contribution in [2.75, 3.05) is 26.7 Å². The van der Waals surface area contributed by atoms with Crippen molar-refractivity contribution in [3.63, 3.8) is 0 Å². The standard InChI is InChI=1S/C66H86N18O14/c1-35(2)24-51(65(98)84(3)53(18-11-23-73-66(71)72)64(97)78-46(57(70)90)27-38-31-74-44-16-9-7-14-41(38)44)77-56(89)33-76-59(92)47(26-36-12-5-4-6-13-36)80-63(96)52(34-85)83-62(95)50(30-55(69)88)82-60(93)48(28-39-32-75-45-17-10-8-15-42(39)45)81-61(94)49(29-54(68)87)79-58(91)43(67)25-37-19-21-40(86)22-20-37/h4-10,12-17,19-22,31-32,35,43,46-53,74-75,85-86H,11,18,23-30,33-34,67H2,1-3H3,(H2,68,87)(H2,69,88)(H2,70,90)(H,76,92)(H,77,89)(H,78,97)(H,79,91)(H,80,96)(H,81,94)(H,82,93)(H,83,95)(H4,71,72,73)/t43?,46-,47-,48-,49-,50-,51-,52-,53-/m0/s1. The molecule has 6 rings (SSSR count). The minimum absolute atomic E-state index is 0.00481. The first kappa shape index (κ1) is 75.6. The van der Waals surface area contributed by atoms with Gasteiger partial charge in [0.25, 0.3) is 0 Å². The number of hydrogen-bond donors (Lipinski definition) is 19. The highest BCUT2D eigenvalue weighted by molar-refractivity contribution is 6.00. The van der Waals surface area contributed by atoms with Crippen LogP contribution in [0, 0.1) is 11.3 Å². The molecule has 0 aliphatic heterocycles. The molecule has 0 radical (unpaired) electrons. The number of carbonyl (C=O) groups is 12. The number of fused-ring (bicyclic) bond motifs is 2. The first-order chi connectivity index (χ1) is 46.6. The van der Waals surface area contributed by atoms with Gasteiger partial charge < -0.3 is 102 Å². The largest absolute Gasteiger partial charge is 0.508 e. The summed E-state index contributed by atoms with van der Waals surface area (Å²) in [4.78, 5) is 172. The molecule has 1 unspecified atom stereocenters. The molecule has 524 valence electrons. The number of phenolic OH excluding ortho intramolecular Hbond substituents is 1. The topological polar surface area (TPSA) is 542 Å². The Kier molecular flexibility index (Phi) is 28.1. The number of rotatable bonds is 38.